The number of rotatable bonds is 7. The van der Waals surface area contributed by atoms with Gasteiger partial charge in [-0.05, 0) is 48.0 Å². The average Bonchev–Trinajstić information content (AvgIpc) is 3.11. The predicted octanol–water partition coefficient (Wildman–Crippen LogP) is 4.70. The van der Waals surface area contributed by atoms with E-state index in [4.69, 9.17) is 21.1 Å². The first kappa shape index (κ1) is 19.6. The second-order valence-corrected chi connectivity index (χ2v) is 6.38. The van der Waals surface area contributed by atoms with Crippen LogP contribution in [0.2, 0.25) is 5.02 Å². The third kappa shape index (κ3) is 4.58. The van der Waals surface area contributed by atoms with Crippen LogP contribution in [0.4, 0.5) is 4.39 Å². The summed E-state index contributed by atoms with van der Waals surface area (Å²) in [6.07, 6.45) is 4.77. The molecule has 0 bridgehead atoms. The molecule has 0 N–H and O–H groups in total. The third-order valence-corrected chi connectivity index (χ3v) is 4.38. The van der Waals surface area contributed by atoms with E-state index in [1.165, 1.54) is 29.0 Å². The standard InChI is InChI=1S/C21H18ClFN2O3/c1-25-18(9-10-24-25)19(26)6-3-14-4-7-20(27-2)15(11-14)13-28-21-8-5-16(23)12-17(21)22/h3-12H,13H2,1-2H3/b6-3+. The zero-order chi connectivity index (χ0) is 20.1. The zero-order valence-electron chi connectivity index (χ0n) is 15.4. The van der Waals surface area contributed by atoms with Crippen LogP contribution in [0.5, 0.6) is 11.5 Å². The molecule has 5 nitrogen and oxygen atoms in total. The number of carbonyl (C=O) groups is 1. The van der Waals surface area contributed by atoms with E-state index in [0.29, 0.717) is 17.2 Å². The Labute approximate surface area is 167 Å². The van der Waals surface area contributed by atoms with Crippen molar-refractivity contribution in [3.05, 3.63) is 82.4 Å². The molecule has 0 amide bonds. The van der Waals surface area contributed by atoms with Gasteiger partial charge in [-0.2, -0.15) is 5.10 Å². The summed E-state index contributed by atoms with van der Waals surface area (Å²) < 4.78 is 25.7. The van der Waals surface area contributed by atoms with E-state index in [1.807, 2.05) is 12.1 Å². The summed E-state index contributed by atoms with van der Waals surface area (Å²) in [5.41, 5.74) is 2.07. The quantitative estimate of drug-likeness (QED) is 0.426. The fraction of sp³-hybridized carbons (Fsp3) is 0.143. The molecule has 3 aromatic rings. The normalized spacial score (nSPS) is 11.0. The van der Waals surface area contributed by atoms with Gasteiger partial charge in [0, 0.05) is 18.8 Å². The van der Waals surface area contributed by atoms with Gasteiger partial charge in [0.25, 0.3) is 0 Å². The molecule has 7 heteroatoms. The minimum absolute atomic E-state index is 0.147. The molecule has 144 valence electrons. The SMILES string of the molecule is COc1ccc(/C=C/C(=O)c2ccnn2C)cc1COc1ccc(F)cc1Cl. The smallest absolute Gasteiger partial charge is 0.203 e. The molecular weight excluding hydrogens is 383 g/mol. The number of aromatic nitrogens is 2. The van der Waals surface area contributed by atoms with Crippen LogP contribution in [0.15, 0.2) is 54.7 Å². The van der Waals surface area contributed by atoms with E-state index >= 15 is 0 Å². The van der Waals surface area contributed by atoms with Gasteiger partial charge in [-0.25, -0.2) is 4.39 Å². The lowest BCUT2D eigenvalue weighted by atomic mass is 10.1. The molecule has 1 heterocycles. The van der Waals surface area contributed by atoms with Crippen molar-refractivity contribution in [2.45, 2.75) is 6.61 Å². The van der Waals surface area contributed by atoms with Crippen LogP contribution in [0.25, 0.3) is 6.08 Å². The summed E-state index contributed by atoms with van der Waals surface area (Å²) in [7, 11) is 3.27. The Bertz CT molecular complexity index is 1030. The average molecular weight is 401 g/mol. The Morgan fingerprint density at radius 2 is 2.00 bits per heavy atom. The molecule has 2 aromatic carbocycles. The van der Waals surface area contributed by atoms with Crippen molar-refractivity contribution in [3.8, 4) is 11.5 Å². The molecule has 0 aliphatic carbocycles. The number of nitrogens with zero attached hydrogens (tertiary/aromatic N) is 2. The molecule has 0 radical (unpaired) electrons. The van der Waals surface area contributed by atoms with Crippen molar-refractivity contribution in [2.75, 3.05) is 7.11 Å². The lowest BCUT2D eigenvalue weighted by molar-refractivity contribution is 0.103. The number of hydrogen-bond acceptors (Lipinski definition) is 4. The molecule has 0 saturated heterocycles. The molecule has 0 aliphatic heterocycles. The summed E-state index contributed by atoms with van der Waals surface area (Å²) >= 11 is 5.99. The van der Waals surface area contributed by atoms with Crippen LogP contribution in [0.3, 0.4) is 0 Å². The zero-order valence-corrected chi connectivity index (χ0v) is 16.1. The van der Waals surface area contributed by atoms with E-state index < -0.39 is 5.82 Å². The lowest BCUT2D eigenvalue weighted by Gasteiger charge is -2.12. The highest BCUT2D eigenvalue weighted by Gasteiger charge is 2.09. The van der Waals surface area contributed by atoms with Gasteiger partial charge < -0.3 is 9.47 Å². The van der Waals surface area contributed by atoms with Gasteiger partial charge in [0.15, 0.2) is 0 Å². The molecule has 3 rings (SSSR count). The van der Waals surface area contributed by atoms with Crippen LogP contribution in [-0.2, 0) is 13.7 Å². The Hall–Kier alpha value is -3.12. The third-order valence-electron chi connectivity index (χ3n) is 4.08. The fourth-order valence-corrected chi connectivity index (χ4v) is 2.86. The van der Waals surface area contributed by atoms with E-state index in [2.05, 4.69) is 5.10 Å². The minimum atomic E-state index is -0.430. The van der Waals surface area contributed by atoms with E-state index in [-0.39, 0.29) is 17.4 Å². The number of ether oxygens (including phenoxy) is 2. The van der Waals surface area contributed by atoms with E-state index in [0.717, 1.165) is 11.1 Å². The maximum atomic E-state index is 13.2. The number of benzene rings is 2. The molecule has 0 spiro atoms. The molecule has 28 heavy (non-hydrogen) atoms. The number of halogens is 2. The highest BCUT2D eigenvalue weighted by atomic mass is 35.5. The second-order valence-electron chi connectivity index (χ2n) is 5.97. The second kappa shape index (κ2) is 8.71. The molecule has 0 fully saturated rings. The first-order valence-electron chi connectivity index (χ1n) is 8.43. The van der Waals surface area contributed by atoms with Crippen LogP contribution in [0, 0.1) is 5.82 Å². The van der Waals surface area contributed by atoms with E-state index in [1.54, 1.807) is 38.6 Å². The van der Waals surface area contributed by atoms with Crippen molar-refractivity contribution in [1.82, 2.24) is 9.78 Å². The minimum Gasteiger partial charge on any atom is -0.496 e. The first-order valence-corrected chi connectivity index (χ1v) is 8.81. The van der Waals surface area contributed by atoms with Gasteiger partial charge in [-0.15, -0.1) is 0 Å². The summed E-state index contributed by atoms with van der Waals surface area (Å²) in [5, 5.41) is 4.18. The maximum Gasteiger partial charge on any atom is 0.203 e. The number of hydrogen-bond donors (Lipinski definition) is 0. The predicted molar refractivity (Wildman–Crippen MR) is 105 cm³/mol. The Morgan fingerprint density at radius 3 is 2.68 bits per heavy atom. The molecule has 0 aliphatic rings. The van der Waals surface area contributed by atoms with Gasteiger partial charge in [-0.3, -0.25) is 9.48 Å². The summed E-state index contributed by atoms with van der Waals surface area (Å²) in [4.78, 5) is 12.2. The molecule has 0 atom stereocenters. The van der Waals surface area contributed by atoms with Crippen LogP contribution in [-0.4, -0.2) is 22.7 Å². The largest absolute Gasteiger partial charge is 0.496 e. The topological polar surface area (TPSA) is 53.3 Å². The Morgan fingerprint density at radius 1 is 1.21 bits per heavy atom. The first-order chi connectivity index (χ1) is 13.5. The monoisotopic (exact) mass is 400 g/mol. The number of allylic oxidation sites excluding steroid dienone is 1. The summed E-state index contributed by atoms with van der Waals surface area (Å²) in [6, 6.07) is 11.1. The van der Waals surface area contributed by atoms with Gasteiger partial charge in [0.1, 0.15) is 29.6 Å². The molecule has 1 aromatic heterocycles. The Kier molecular flexibility index (Phi) is 6.11. The van der Waals surface area contributed by atoms with Gasteiger partial charge in [-0.1, -0.05) is 23.7 Å². The number of methoxy groups -OCH3 is 1. The lowest BCUT2D eigenvalue weighted by Crippen LogP contribution is -2.03. The van der Waals surface area contributed by atoms with Gasteiger partial charge in [0.05, 0.1) is 12.1 Å². The molecular formula is C21H18ClFN2O3. The van der Waals surface area contributed by atoms with Crippen molar-refractivity contribution >= 4 is 23.5 Å². The summed E-state index contributed by atoms with van der Waals surface area (Å²) in [6.45, 7) is 0.173. The molecule has 0 saturated carbocycles. The van der Waals surface area contributed by atoms with Crippen molar-refractivity contribution in [2.24, 2.45) is 7.05 Å². The summed E-state index contributed by atoms with van der Waals surface area (Å²) in [5.74, 6) is 0.428. The fourth-order valence-electron chi connectivity index (χ4n) is 2.64. The van der Waals surface area contributed by atoms with Crippen molar-refractivity contribution in [1.29, 1.82) is 0 Å². The van der Waals surface area contributed by atoms with Crippen molar-refractivity contribution in [3.63, 3.8) is 0 Å². The van der Waals surface area contributed by atoms with Crippen LogP contribution in [0.1, 0.15) is 21.6 Å². The molecule has 0 unspecified atom stereocenters. The number of aryl methyl sites for hydroxylation is 1. The van der Waals surface area contributed by atoms with Gasteiger partial charge in [0.2, 0.25) is 5.78 Å². The number of carbonyl (C=O) groups excluding carboxylic acids is 1. The highest BCUT2D eigenvalue weighted by molar-refractivity contribution is 6.32. The Balaban J connectivity index is 1.77. The maximum absolute atomic E-state index is 13.2. The van der Waals surface area contributed by atoms with E-state index in [9.17, 15) is 9.18 Å². The van der Waals surface area contributed by atoms with Crippen LogP contribution >= 0.6 is 11.6 Å². The van der Waals surface area contributed by atoms with Crippen LogP contribution < -0.4 is 9.47 Å². The highest BCUT2D eigenvalue weighted by Crippen LogP contribution is 2.28. The number of ketones is 1. The van der Waals surface area contributed by atoms with Crippen molar-refractivity contribution < 1.29 is 18.7 Å². The van der Waals surface area contributed by atoms with Gasteiger partial charge >= 0.3 is 0 Å².